The van der Waals surface area contributed by atoms with Gasteiger partial charge in [-0.15, -0.1) is 0 Å². The molecule has 1 aromatic carbocycles. The van der Waals surface area contributed by atoms with Crippen molar-refractivity contribution in [2.75, 3.05) is 12.4 Å². The van der Waals surface area contributed by atoms with Gasteiger partial charge in [-0.2, -0.15) is 0 Å². The molecule has 0 saturated carbocycles. The molecule has 0 aliphatic carbocycles. The van der Waals surface area contributed by atoms with Crippen molar-refractivity contribution in [1.29, 1.82) is 0 Å². The minimum absolute atomic E-state index is 0.284. The first-order valence-corrected chi connectivity index (χ1v) is 4.23. The molecule has 13 heavy (non-hydrogen) atoms. The van der Waals surface area contributed by atoms with Crippen molar-refractivity contribution in [3.8, 4) is 5.75 Å². The van der Waals surface area contributed by atoms with Crippen molar-refractivity contribution < 1.29 is 9.13 Å². The van der Waals surface area contributed by atoms with Crippen molar-refractivity contribution in [1.82, 2.24) is 0 Å². The second-order valence-electron chi connectivity index (χ2n) is 3.18. The van der Waals surface area contributed by atoms with Crippen LogP contribution in [0.25, 0.3) is 0 Å². The summed E-state index contributed by atoms with van der Waals surface area (Å²) in [5.41, 5.74) is 0.742. The molecule has 0 aliphatic heterocycles. The SMILES string of the molecule is COc1cc(F)cc(NC(C)C)c1. The normalized spacial score (nSPS) is 10.2. The Morgan fingerprint density at radius 1 is 1.31 bits per heavy atom. The molecule has 0 aliphatic rings. The van der Waals surface area contributed by atoms with Crippen LogP contribution in [0, 0.1) is 5.82 Å². The first-order chi connectivity index (χ1) is 6.11. The Labute approximate surface area is 77.7 Å². The van der Waals surface area contributed by atoms with Gasteiger partial charge in [-0.3, -0.25) is 0 Å². The van der Waals surface area contributed by atoms with Gasteiger partial charge in [-0.1, -0.05) is 0 Å². The highest BCUT2D eigenvalue weighted by molar-refractivity contribution is 5.49. The van der Waals surface area contributed by atoms with Gasteiger partial charge in [0.2, 0.25) is 0 Å². The van der Waals surface area contributed by atoms with Crippen molar-refractivity contribution in [2.24, 2.45) is 0 Å². The summed E-state index contributed by atoms with van der Waals surface area (Å²) < 4.78 is 17.9. The molecule has 0 atom stereocenters. The van der Waals surface area contributed by atoms with Gasteiger partial charge >= 0.3 is 0 Å². The van der Waals surface area contributed by atoms with E-state index in [2.05, 4.69) is 5.32 Å². The van der Waals surface area contributed by atoms with Gasteiger partial charge in [0.15, 0.2) is 0 Å². The molecule has 0 saturated heterocycles. The number of ether oxygens (including phenoxy) is 1. The fourth-order valence-electron chi connectivity index (χ4n) is 1.10. The van der Waals surface area contributed by atoms with Gasteiger partial charge in [0.1, 0.15) is 11.6 Å². The summed E-state index contributed by atoms with van der Waals surface area (Å²) in [4.78, 5) is 0. The lowest BCUT2D eigenvalue weighted by Crippen LogP contribution is -2.09. The number of nitrogens with one attached hydrogen (secondary N) is 1. The number of rotatable bonds is 3. The standard InChI is InChI=1S/C10H14FNO/c1-7(2)12-9-4-8(11)5-10(6-9)13-3/h4-7,12H,1-3H3. The average molecular weight is 183 g/mol. The maximum absolute atomic E-state index is 12.9. The predicted molar refractivity (Wildman–Crippen MR) is 51.7 cm³/mol. The van der Waals surface area contributed by atoms with Crippen molar-refractivity contribution in [3.05, 3.63) is 24.0 Å². The lowest BCUT2D eigenvalue weighted by molar-refractivity contribution is 0.411. The molecule has 0 aromatic heterocycles. The summed E-state index contributed by atoms with van der Waals surface area (Å²) in [5.74, 6) is 0.241. The minimum Gasteiger partial charge on any atom is -0.497 e. The molecule has 1 aromatic rings. The first kappa shape index (κ1) is 9.84. The molecule has 1 rings (SSSR count). The summed E-state index contributed by atoms with van der Waals surface area (Å²) in [7, 11) is 1.52. The molecule has 72 valence electrons. The van der Waals surface area contributed by atoms with E-state index in [0.29, 0.717) is 5.75 Å². The van der Waals surface area contributed by atoms with Crippen LogP contribution in [0.3, 0.4) is 0 Å². The molecule has 0 amide bonds. The van der Waals surface area contributed by atoms with Crippen molar-refractivity contribution in [2.45, 2.75) is 19.9 Å². The van der Waals surface area contributed by atoms with Crippen LogP contribution in [0.2, 0.25) is 0 Å². The van der Waals surface area contributed by atoms with E-state index in [-0.39, 0.29) is 11.9 Å². The van der Waals surface area contributed by atoms with E-state index < -0.39 is 0 Å². The number of anilines is 1. The van der Waals surface area contributed by atoms with Crippen LogP contribution in [0.4, 0.5) is 10.1 Å². The molecule has 0 bridgehead atoms. The van der Waals surface area contributed by atoms with Gasteiger partial charge in [0, 0.05) is 23.9 Å². The van der Waals surface area contributed by atoms with E-state index >= 15 is 0 Å². The highest BCUT2D eigenvalue weighted by Crippen LogP contribution is 2.20. The highest BCUT2D eigenvalue weighted by atomic mass is 19.1. The highest BCUT2D eigenvalue weighted by Gasteiger charge is 2.01. The summed E-state index contributed by atoms with van der Waals surface area (Å²) in [6.07, 6.45) is 0. The lowest BCUT2D eigenvalue weighted by Gasteiger charge is -2.11. The van der Waals surface area contributed by atoms with Crippen LogP contribution in [0.1, 0.15) is 13.8 Å². The van der Waals surface area contributed by atoms with Gasteiger partial charge in [-0.05, 0) is 19.9 Å². The quantitative estimate of drug-likeness (QED) is 0.777. The second-order valence-corrected chi connectivity index (χ2v) is 3.18. The zero-order valence-electron chi connectivity index (χ0n) is 8.10. The van der Waals surface area contributed by atoms with Crippen LogP contribution < -0.4 is 10.1 Å². The fraction of sp³-hybridized carbons (Fsp3) is 0.400. The van der Waals surface area contributed by atoms with Crippen LogP contribution in [0.15, 0.2) is 18.2 Å². The molecule has 0 radical (unpaired) electrons. The Bertz CT molecular complexity index is 286. The Morgan fingerprint density at radius 2 is 2.00 bits per heavy atom. The van der Waals surface area contributed by atoms with Crippen molar-refractivity contribution >= 4 is 5.69 Å². The van der Waals surface area contributed by atoms with Crippen molar-refractivity contribution in [3.63, 3.8) is 0 Å². The van der Waals surface area contributed by atoms with E-state index in [9.17, 15) is 4.39 Å². The number of hydrogen-bond acceptors (Lipinski definition) is 2. The first-order valence-electron chi connectivity index (χ1n) is 4.23. The van der Waals surface area contributed by atoms with E-state index in [1.165, 1.54) is 19.2 Å². The summed E-state index contributed by atoms with van der Waals surface area (Å²) in [5, 5.41) is 3.10. The molecule has 3 heteroatoms. The molecule has 0 fully saturated rings. The fourth-order valence-corrected chi connectivity index (χ4v) is 1.10. The third kappa shape index (κ3) is 2.93. The molecule has 0 spiro atoms. The number of benzene rings is 1. The Balaban J connectivity index is 2.88. The summed E-state index contributed by atoms with van der Waals surface area (Å²) in [6, 6.07) is 4.85. The molecule has 0 unspecified atom stereocenters. The second kappa shape index (κ2) is 4.12. The third-order valence-electron chi connectivity index (χ3n) is 1.56. The van der Waals surface area contributed by atoms with Crippen LogP contribution in [0.5, 0.6) is 5.75 Å². The van der Waals surface area contributed by atoms with Gasteiger partial charge in [-0.25, -0.2) is 4.39 Å². The maximum Gasteiger partial charge on any atom is 0.128 e. The predicted octanol–water partition coefficient (Wildman–Crippen LogP) is 2.65. The number of methoxy groups -OCH3 is 1. The topological polar surface area (TPSA) is 21.3 Å². The van der Waals surface area contributed by atoms with Gasteiger partial charge in [0.05, 0.1) is 7.11 Å². The largest absolute Gasteiger partial charge is 0.497 e. The average Bonchev–Trinajstić information content (AvgIpc) is 2.01. The molecular formula is C10H14FNO. The van der Waals surface area contributed by atoms with E-state index in [1.54, 1.807) is 6.07 Å². The maximum atomic E-state index is 12.9. The monoisotopic (exact) mass is 183 g/mol. The van der Waals surface area contributed by atoms with Gasteiger partial charge < -0.3 is 10.1 Å². The zero-order chi connectivity index (χ0) is 9.84. The van der Waals surface area contributed by atoms with E-state index in [1.807, 2.05) is 13.8 Å². The Kier molecular flexibility index (Phi) is 3.12. The van der Waals surface area contributed by atoms with Crippen LogP contribution in [-0.2, 0) is 0 Å². The molecule has 2 nitrogen and oxygen atoms in total. The number of hydrogen-bond donors (Lipinski definition) is 1. The lowest BCUT2D eigenvalue weighted by atomic mass is 10.2. The number of halogens is 1. The summed E-state index contributed by atoms with van der Waals surface area (Å²) >= 11 is 0. The zero-order valence-corrected chi connectivity index (χ0v) is 8.10. The van der Waals surface area contributed by atoms with Crippen LogP contribution in [-0.4, -0.2) is 13.2 Å². The Hall–Kier alpha value is -1.25. The smallest absolute Gasteiger partial charge is 0.128 e. The van der Waals surface area contributed by atoms with Crippen LogP contribution >= 0.6 is 0 Å². The van der Waals surface area contributed by atoms with E-state index in [0.717, 1.165) is 5.69 Å². The van der Waals surface area contributed by atoms with E-state index in [4.69, 9.17) is 4.74 Å². The molecule has 1 N–H and O–H groups in total. The summed E-state index contributed by atoms with van der Waals surface area (Å²) in [6.45, 7) is 3.99. The van der Waals surface area contributed by atoms with Gasteiger partial charge in [0.25, 0.3) is 0 Å². The molecule has 0 heterocycles. The Morgan fingerprint density at radius 3 is 2.54 bits per heavy atom. The minimum atomic E-state index is -0.289. The molecular weight excluding hydrogens is 169 g/mol. The third-order valence-corrected chi connectivity index (χ3v) is 1.56.